The highest BCUT2D eigenvalue weighted by Gasteiger charge is 2.43. The van der Waals surface area contributed by atoms with Crippen LogP contribution in [0.3, 0.4) is 0 Å². The van der Waals surface area contributed by atoms with Gasteiger partial charge in [0.2, 0.25) is 0 Å². The number of aliphatic hydroxyl groups is 1. The molecule has 3 heterocycles. The monoisotopic (exact) mass is 329 g/mol. The molecule has 2 aliphatic rings. The molecule has 2 aromatic rings. The van der Waals surface area contributed by atoms with Gasteiger partial charge in [-0.2, -0.15) is 0 Å². The predicted octanol–water partition coefficient (Wildman–Crippen LogP) is 0.306. The number of ether oxygens (including phenoxy) is 1. The summed E-state index contributed by atoms with van der Waals surface area (Å²) in [7, 11) is 0. The molecule has 2 aromatic heterocycles. The van der Waals surface area contributed by atoms with Crippen LogP contribution >= 0.6 is 0 Å². The van der Waals surface area contributed by atoms with E-state index in [0.29, 0.717) is 25.2 Å². The summed E-state index contributed by atoms with van der Waals surface area (Å²) in [5, 5.41) is 9.40. The van der Waals surface area contributed by atoms with Crippen molar-refractivity contribution in [3.05, 3.63) is 46.5 Å². The molecule has 2 fully saturated rings. The fourth-order valence-corrected chi connectivity index (χ4v) is 3.78. The first-order chi connectivity index (χ1) is 11.7. The average Bonchev–Trinajstić information content (AvgIpc) is 3.05. The Kier molecular flexibility index (Phi) is 3.82. The Bertz CT molecular complexity index is 834. The maximum Gasteiger partial charge on any atom is 0.270 e. The minimum Gasteiger partial charge on any atom is -0.396 e. The molecule has 3 atom stereocenters. The minimum atomic E-state index is -0.356. The lowest BCUT2D eigenvalue weighted by Crippen LogP contribution is -2.52. The molecule has 1 N–H and O–H groups in total. The predicted molar refractivity (Wildman–Crippen MR) is 85.8 cm³/mol. The van der Waals surface area contributed by atoms with Crippen LogP contribution in [0, 0.1) is 5.92 Å². The van der Waals surface area contributed by atoms with Crippen molar-refractivity contribution in [3.8, 4) is 0 Å². The van der Waals surface area contributed by atoms with Crippen molar-refractivity contribution >= 4 is 11.6 Å². The summed E-state index contributed by atoms with van der Waals surface area (Å²) in [6, 6.07) is 5.17. The van der Waals surface area contributed by atoms with Gasteiger partial charge in [0, 0.05) is 25.5 Å². The molecule has 0 unspecified atom stereocenters. The number of fused-ring (bicyclic) bond motifs is 2. The zero-order chi connectivity index (χ0) is 16.7. The lowest BCUT2D eigenvalue weighted by Gasteiger charge is -2.37. The van der Waals surface area contributed by atoms with Gasteiger partial charge in [-0.25, -0.2) is 4.98 Å². The van der Waals surface area contributed by atoms with Crippen molar-refractivity contribution in [1.29, 1.82) is 0 Å². The normalized spacial score (nSPS) is 26.5. The van der Waals surface area contributed by atoms with E-state index in [9.17, 15) is 14.7 Å². The molecule has 1 aliphatic heterocycles. The Morgan fingerprint density at radius 1 is 1.38 bits per heavy atom. The average molecular weight is 329 g/mol. The Labute approximate surface area is 138 Å². The highest BCUT2D eigenvalue weighted by atomic mass is 16.5. The molecule has 1 saturated carbocycles. The first-order valence-corrected chi connectivity index (χ1v) is 8.19. The van der Waals surface area contributed by atoms with Gasteiger partial charge in [-0.05, 0) is 30.9 Å². The molecular weight excluding hydrogens is 310 g/mol. The molecule has 7 heteroatoms. The second kappa shape index (κ2) is 5.99. The minimum absolute atomic E-state index is 0.0592. The smallest absolute Gasteiger partial charge is 0.270 e. The van der Waals surface area contributed by atoms with Crippen LogP contribution in [0.1, 0.15) is 23.2 Å². The third-order valence-corrected chi connectivity index (χ3v) is 5.00. The molecular formula is C17H19N3O4. The summed E-state index contributed by atoms with van der Waals surface area (Å²) in [6.45, 7) is 1.00. The van der Waals surface area contributed by atoms with E-state index in [2.05, 4.69) is 4.98 Å². The van der Waals surface area contributed by atoms with E-state index in [1.807, 2.05) is 0 Å². The number of rotatable bonds is 2. The molecule has 126 valence electrons. The van der Waals surface area contributed by atoms with Gasteiger partial charge in [-0.1, -0.05) is 6.07 Å². The quantitative estimate of drug-likeness (QED) is 0.857. The molecule has 24 heavy (non-hydrogen) atoms. The van der Waals surface area contributed by atoms with Crippen molar-refractivity contribution in [2.24, 2.45) is 5.92 Å². The van der Waals surface area contributed by atoms with Gasteiger partial charge in [0.05, 0.1) is 18.8 Å². The number of nitrogens with zero attached hydrogens (tertiary/aromatic N) is 3. The molecule has 0 bridgehead atoms. The van der Waals surface area contributed by atoms with Crippen LogP contribution in [-0.4, -0.2) is 57.2 Å². The summed E-state index contributed by atoms with van der Waals surface area (Å²) in [4.78, 5) is 31.5. The SMILES string of the molecule is O=C(c1cnc2ccccn2c1=O)N1CCO[C@H]2C[C@H](CO)C[C@@H]21. The topological polar surface area (TPSA) is 84.1 Å². The van der Waals surface area contributed by atoms with E-state index in [4.69, 9.17) is 4.74 Å². The Balaban J connectivity index is 1.68. The fraction of sp³-hybridized carbons (Fsp3) is 0.471. The molecule has 0 spiro atoms. The lowest BCUT2D eigenvalue weighted by molar-refractivity contribution is -0.0449. The summed E-state index contributed by atoms with van der Waals surface area (Å²) in [5.74, 6) is -0.160. The van der Waals surface area contributed by atoms with Crippen molar-refractivity contribution in [2.75, 3.05) is 19.8 Å². The van der Waals surface area contributed by atoms with Gasteiger partial charge in [0.25, 0.3) is 11.5 Å². The summed E-state index contributed by atoms with van der Waals surface area (Å²) < 4.78 is 7.13. The highest BCUT2D eigenvalue weighted by Crippen LogP contribution is 2.34. The Morgan fingerprint density at radius 3 is 3.08 bits per heavy atom. The second-order valence-electron chi connectivity index (χ2n) is 6.40. The molecule has 1 saturated heterocycles. The first kappa shape index (κ1) is 15.3. The third-order valence-electron chi connectivity index (χ3n) is 5.00. The second-order valence-corrected chi connectivity index (χ2v) is 6.40. The van der Waals surface area contributed by atoms with E-state index >= 15 is 0 Å². The maximum absolute atomic E-state index is 13.0. The highest BCUT2D eigenvalue weighted by molar-refractivity contribution is 5.94. The van der Waals surface area contributed by atoms with Gasteiger partial charge >= 0.3 is 0 Å². The van der Waals surface area contributed by atoms with Crippen LogP contribution in [-0.2, 0) is 4.74 Å². The van der Waals surface area contributed by atoms with E-state index in [1.54, 1.807) is 29.3 Å². The van der Waals surface area contributed by atoms with Crippen molar-refractivity contribution in [1.82, 2.24) is 14.3 Å². The van der Waals surface area contributed by atoms with Crippen molar-refractivity contribution in [2.45, 2.75) is 25.0 Å². The summed E-state index contributed by atoms with van der Waals surface area (Å²) >= 11 is 0. The first-order valence-electron chi connectivity index (χ1n) is 8.19. The van der Waals surface area contributed by atoms with Crippen LogP contribution in [0.15, 0.2) is 35.4 Å². The van der Waals surface area contributed by atoms with Crippen LogP contribution in [0.5, 0.6) is 0 Å². The van der Waals surface area contributed by atoms with Gasteiger partial charge < -0.3 is 14.7 Å². The van der Waals surface area contributed by atoms with Crippen molar-refractivity contribution in [3.63, 3.8) is 0 Å². The number of amides is 1. The van der Waals surface area contributed by atoms with Crippen LogP contribution in [0.25, 0.3) is 5.65 Å². The van der Waals surface area contributed by atoms with E-state index in [0.717, 1.165) is 6.42 Å². The zero-order valence-electron chi connectivity index (χ0n) is 13.2. The lowest BCUT2D eigenvalue weighted by atomic mass is 10.1. The van der Waals surface area contributed by atoms with E-state index in [-0.39, 0.29) is 41.7 Å². The number of hydrogen-bond acceptors (Lipinski definition) is 5. The van der Waals surface area contributed by atoms with Gasteiger partial charge in [0.15, 0.2) is 0 Å². The van der Waals surface area contributed by atoms with Crippen molar-refractivity contribution < 1.29 is 14.6 Å². The van der Waals surface area contributed by atoms with Gasteiger partial charge in [-0.3, -0.25) is 14.0 Å². The Morgan fingerprint density at radius 2 is 2.25 bits per heavy atom. The molecule has 0 aromatic carbocycles. The molecule has 1 amide bonds. The number of carbonyl (C=O) groups is 1. The van der Waals surface area contributed by atoms with Gasteiger partial charge in [0.1, 0.15) is 11.2 Å². The molecule has 0 radical (unpaired) electrons. The number of pyridine rings is 1. The number of aromatic nitrogens is 2. The van der Waals surface area contributed by atoms with Crippen LogP contribution in [0.4, 0.5) is 0 Å². The number of carbonyl (C=O) groups excluding carboxylic acids is 1. The number of aliphatic hydroxyl groups excluding tert-OH is 1. The van der Waals surface area contributed by atoms with Gasteiger partial charge in [-0.15, -0.1) is 0 Å². The van der Waals surface area contributed by atoms with Crippen LogP contribution < -0.4 is 5.56 Å². The molecule has 4 rings (SSSR count). The summed E-state index contributed by atoms with van der Waals surface area (Å²) in [6.07, 6.45) is 4.37. The number of hydrogen-bond donors (Lipinski definition) is 1. The molecule has 1 aliphatic carbocycles. The maximum atomic E-state index is 13.0. The van der Waals surface area contributed by atoms with E-state index < -0.39 is 0 Å². The largest absolute Gasteiger partial charge is 0.396 e. The zero-order valence-corrected chi connectivity index (χ0v) is 13.2. The third kappa shape index (κ3) is 2.40. The fourth-order valence-electron chi connectivity index (χ4n) is 3.78. The standard InChI is InChI=1S/C17H19N3O4/c21-10-11-7-13-14(8-11)24-6-5-19(13)16(22)12-9-18-15-3-1-2-4-20(15)17(12)23/h1-4,9,11,13-14,21H,5-8,10H2/t11-,13+,14+/m1/s1. The number of morpholine rings is 1. The van der Waals surface area contributed by atoms with Crippen LogP contribution in [0.2, 0.25) is 0 Å². The van der Waals surface area contributed by atoms with E-state index in [1.165, 1.54) is 10.6 Å². The Hall–Kier alpha value is -2.25. The summed E-state index contributed by atoms with van der Waals surface area (Å²) in [5.41, 5.74) is 0.234. The molecule has 7 nitrogen and oxygen atoms in total.